The first-order valence-corrected chi connectivity index (χ1v) is 9.03. The lowest BCUT2D eigenvalue weighted by molar-refractivity contribution is -0.131. The maximum absolute atomic E-state index is 13.7. The second-order valence-corrected chi connectivity index (χ2v) is 7.86. The van der Waals surface area contributed by atoms with Gasteiger partial charge in [-0.15, -0.1) is 12.4 Å². The van der Waals surface area contributed by atoms with E-state index >= 15 is 0 Å². The number of carbonyl (C=O) groups is 1. The number of carbonyl (C=O) groups excluding carboxylic acids is 1. The predicted molar refractivity (Wildman–Crippen MR) is 92.9 cm³/mol. The van der Waals surface area contributed by atoms with Gasteiger partial charge in [-0.3, -0.25) is 4.79 Å². The van der Waals surface area contributed by atoms with Crippen molar-refractivity contribution < 1.29 is 17.6 Å². The molecule has 0 bridgehead atoms. The Kier molecular flexibility index (Phi) is 7.71. The third-order valence-electron chi connectivity index (χ3n) is 3.52. The summed E-state index contributed by atoms with van der Waals surface area (Å²) in [7, 11) is -2.85. The SMILES string of the molecule is CN(CC(=O)N1CCNCC1)S(=O)(=O)c1ccc(Cl)c(F)c1Cl.Cl. The summed E-state index contributed by atoms with van der Waals surface area (Å²) in [6.07, 6.45) is 0. The number of hydrogen-bond donors (Lipinski definition) is 1. The minimum Gasteiger partial charge on any atom is -0.339 e. The van der Waals surface area contributed by atoms with E-state index in [2.05, 4.69) is 5.32 Å². The van der Waals surface area contributed by atoms with Crippen molar-refractivity contribution in [1.29, 1.82) is 0 Å². The van der Waals surface area contributed by atoms with E-state index in [1.807, 2.05) is 0 Å². The van der Waals surface area contributed by atoms with Gasteiger partial charge in [-0.1, -0.05) is 23.2 Å². The van der Waals surface area contributed by atoms with Gasteiger partial charge in [0.1, 0.15) is 4.90 Å². The molecule has 1 saturated heterocycles. The summed E-state index contributed by atoms with van der Waals surface area (Å²) in [6.45, 7) is 2.02. The van der Waals surface area contributed by atoms with Crippen LogP contribution < -0.4 is 5.32 Å². The van der Waals surface area contributed by atoms with Crippen LogP contribution in [0.3, 0.4) is 0 Å². The average molecular weight is 421 g/mol. The summed E-state index contributed by atoms with van der Waals surface area (Å²) >= 11 is 11.3. The van der Waals surface area contributed by atoms with E-state index < -0.39 is 25.8 Å². The molecule has 1 aliphatic rings. The van der Waals surface area contributed by atoms with Crippen molar-refractivity contribution in [2.24, 2.45) is 0 Å². The van der Waals surface area contributed by atoms with Crippen LogP contribution in [-0.2, 0) is 14.8 Å². The zero-order chi connectivity index (χ0) is 17.2. The molecule has 1 N–H and O–H groups in total. The van der Waals surface area contributed by atoms with E-state index in [9.17, 15) is 17.6 Å². The Labute approximate surface area is 156 Å². The Morgan fingerprint density at radius 2 is 1.92 bits per heavy atom. The van der Waals surface area contributed by atoms with Gasteiger partial charge >= 0.3 is 0 Å². The number of hydrogen-bond acceptors (Lipinski definition) is 4. The molecule has 11 heteroatoms. The Morgan fingerprint density at radius 1 is 1.33 bits per heavy atom. The van der Waals surface area contributed by atoms with Crippen molar-refractivity contribution in [3.8, 4) is 0 Å². The molecule has 1 heterocycles. The minimum atomic E-state index is -4.10. The van der Waals surface area contributed by atoms with Crippen LogP contribution in [0.4, 0.5) is 4.39 Å². The zero-order valence-corrected chi connectivity index (χ0v) is 15.9. The maximum atomic E-state index is 13.7. The Bertz CT molecular complexity index is 712. The Balaban J connectivity index is 0.00000288. The molecule has 0 unspecified atom stereocenters. The summed E-state index contributed by atoms with van der Waals surface area (Å²) in [5.41, 5.74) is 0. The van der Waals surface area contributed by atoms with Crippen LogP contribution in [0.25, 0.3) is 0 Å². The summed E-state index contributed by atoms with van der Waals surface area (Å²) in [5.74, 6) is -1.32. The molecule has 0 saturated carbocycles. The smallest absolute Gasteiger partial charge is 0.244 e. The second kappa shape index (κ2) is 8.64. The molecule has 1 fully saturated rings. The van der Waals surface area contributed by atoms with Crippen molar-refractivity contribution in [2.75, 3.05) is 39.8 Å². The van der Waals surface area contributed by atoms with Gasteiger partial charge in [-0.25, -0.2) is 12.8 Å². The van der Waals surface area contributed by atoms with Crippen LogP contribution in [0.2, 0.25) is 10.0 Å². The number of nitrogens with one attached hydrogen (secondary N) is 1. The van der Waals surface area contributed by atoms with E-state index in [1.54, 1.807) is 4.90 Å². The highest BCUT2D eigenvalue weighted by Crippen LogP contribution is 2.30. The number of amides is 1. The molecule has 136 valence electrons. The third kappa shape index (κ3) is 4.50. The number of halogens is 4. The molecule has 1 aromatic rings. The molecule has 0 spiro atoms. The topological polar surface area (TPSA) is 69.7 Å². The van der Waals surface area contributed by atoms with E-state index in [1.165, 1.54) is 7.05 Å². The van der Waals surface area contributed by atoms with Crippen molar-refractivity contribution in [2.45, 2.75) is 4.90 Å². The first kappa shape index (κ1) is 21.4. The van der Waals surface area contributed by atoms with Crippen molar-refractivity contribution in [3.63, 3.8) is 0 Å². The van der Waals surface area contributed by atoms with Crippen LogP contribution in [0.5, 0.6) is 0 Å². The van der Waals surface area contributed by atoms with Crippen molar-refractivity contribution in [3.05, 3.63) is 28.0 Å². The van der Waals surface area contributed by atoms with Gasteiger partial charge in [0, 0.05) is 33.2 Å². The minimum absolute atomic E-state index is 0. The quantitative estimate of drug-likeness (QED) is 0.751. The summed E-state index contributed by atoms with van der Waals surface area (Å²) in [5, 5.41) is 2.25. The highest BCUT2D eigenvalue weighted by Gasteiger charge is 2.29. The number of sulfonamides is 1. The monoisotopic (exact) mass is 419 g/mol. The lowest BCUT2D eigenvalue weighted by atomic mass is 10.3. The van der Waals surface area contributed by atoms with Gasteiger partial charge in [0.15, 0.2) is 5.82 Å². The molecule has 6 nitrogen and oxygen atoms in total. The van der Waals surface area contributed by atoms with E-state index in [-0.39, 0.29) is 29.9 Å². The Hall–Kier alpha value is -0.640. The molecule has 0 atom stereocenters. The van der Waals surface area contributed by atoms with Crippen LogP contribution in [-0.4, -0.2) is 63.3 Å². The molecule has 0 aromatic heterocycles. The fourth-order valence-electron chi connectivity index (χ4n) is 2.16. The van der Waals surface area contributed by atoms with Gasteiger partial charge in [0.05, 0.1) is 16.6 Å². The molecule has 24 heavy (non-hydrogen) atoms. The standard InChI is InChI=1S/C13H16Cl2FN3O3S.ClH/c1-18(8-11(20)19-6-4-17-5-7-19)23(21,22)10-3-2-9(14)13(16)12(10)15;/h2-3,17H,4-8H2,1H3;1H. The summed E-state index contributed by atoms with van der Waals surface area (Å²) in [4.78, 5) is 13.3. The van der Waals surface area contributed by atoms with Crippen LogP contribution in [0.15, 0.2) is 17.0 Å². The largest absolute Gasteiger partial charge is 0.339 e. The summed E-state index contributed by atoms with van der Waals surface area (Å²) in [6, 6.07) is 2.23. The molecule has 1 aliphatic heterocycles. The molecule has 1 amide bonds. The van der Waals surface area contributed by atoms with Crippen molar-refractivity contribution >= 4 is 51.5 Å². The number of rotatable bonds is 4. The van der Waals surface area contributed by atoms with Gasteiger partial charge < -0.3 is 10.2 Å². The lowest BCUT2D eigenvalue weighted by Gasteiger charge is -2.29. The van der Waals surface area contributed by atoms with E-state index in [0.29, 0.717) is 26.2 Å². The first-order valence-electron chi connectivity index (χ1n) is 6.83. The maximum Gasteiger partial charge on any atom is 0.244 e. The molecule has 0 aliphatic carbocycles. The number of piperazine rings is 1. The molecule has 0 radical (unpaired) electrons. The number of likely N-dealkylation sites (N-methyl/N-ethyl adjacent to an activating group) is 1. The highest BCUT2D eigenvalue weighted by molar-refractivity contribution is 7.89. The van der Waals surface area contributed by atoms with Gasteiger partial charge in [-0.05, 0) is 12.1 Å². The normalized spacial score (nSPS) is 15.3. The first-order chi connectivity index (χ1) is 10.7. The lowest BCUT2D eigenvalue weighted by Crippen LogP contribution is -2.49. The predicted octanol–water partition coefficient (Wildman–Crippen LogP) is 1.61. The number of benzene rings is 1. The third-order valence-corrected chi connectivity index (χ3v) is 6.13. The zero-order valence-electron chi connectivity index (χ0n) is 12.8. The van der Waals surface area contributed by atoms with Gasteiger partial charge in [0.25, 0.3) is 0 Å². The Morgan fingerprint density at radius 3 is 2.50 bits per heavy atom. The van der Waals surface area contributed by atoms with Crippen LogP contribution in [0.1, 0.15) is 0 Å². The highest BCUT2D eigenvalue weighted by atomic mass is 35.5. The van der Waals surface area contributed by atoms with Crippen molar-refractivity contribution in [1.82, 2.24) is 14.5 Å². The fourth-order valence-corrected chi connectivity index (χ4v) is 4.00. The summed E-state index contributed by atoms with van der Waals surface area (Å²) < 4.78 is 39.5. The number of nitrogens with zero attached hydrogens (tertiary/aromatic N) is 2. The van der Waals surface area contributed by atoms with Gasteiger partial charge in [-0.2, -0.15) is 4.31 Å². The van der Waals surface area contributed by atoms with Crippen LogP contribution in [0, 0.1) is 5.82 Å². The van der Waals surface area contributed by atoms with Crippen LogP contribution >= 0.6 is 35.6 Å². The molecular formula is C13H17Cl3FN3O3S. The van der Waals surface area contributed by atoms with Gasteiger partial charge in [0.2, 0.25) is 15.9 Å². The molecule has 2 rings (SSSR count). The molecule has 1 aromatic carbocycles. The van der Waals surface area contributed by atoms with E-state index in [0.717, 1.165) is 16.4 Å². The molecular weight excluding hydrogens is 404 g/mol. The second-order valence-electron chi connectivity index (χ2n) is 5.07. The average Bonchev–Trinajstić information content (AvgIpc) is 2.53. The van der Waals surface area contributed by atoms with E-state index in [4.69, 9.17) is 23.2 Å². The fraction of sp³-hybridized carbons (Fsp3) is 0.462.